The van der Waals surface area contributed by atoms with Gasteiger partial charge in [-0.25, -0.2) is 0 Å². The Hall–Kier alpha value is -1.63. The summed E-state index contributed by atoms with van der Waals surface area (Å²) in [7, 11) is 1.55. The zero-order chi connectivity index (χ0) is 20.7. The molecule has 2 rings (SSSR count). The second kappa shape index (κ2) is 10.8. The van der Waals surface area contributed by atoms with Gasteiger partial charge in [-0.05, 0) is 87.1 Å². The SMILES string of the molecule is COc1ccc(C(=O)NC(=S)NNC(=O)COc2ccc(Cl)cc2Br)cc1I. The number of methoxy groups -OCH3 is 1. The summed E-state index contributed by atoms with van der Waals surface area (Å²) in [4.78, 5) is 24.0. The molecule has 2 aromatic rings. The average Bonchev–Trinajstić information content (AvgIpc) is 2.65. The largest absolute Gasteiger partial charge is 0.496 e. The third kappa shape index (κ3) is 6.76. The van der Waals surface area contributed by atoms with E-state index in [9.17, 15) is 9.59 Å². The average molecular weight is 599 g/mol. The number of rotatable bonds is 5. The van der Waals surface area contributed by atoms with Gasteiger partial charge in [-0.2, -0.15) is 0 Å². The van der Waals surface area contributed by atoms with Gasteiger partial charge < -0.3 is 9.47 Å². The Bertz CT molecular complexity index is 916. The van der Waals surface area contributed by atoms with E-state index in [2.05, 4.69) is 54.7 Å². The van der Waals surface area contributed by atoms with Crippen LogP contribution in [-0.4, -0.2) is 30.6 Å². The molecule has 148 valence electrons. The minimum atomic E-state index is -0.488. The molecule has 0 aliphatic carbocycles. The summed E-state index contributed by atoms with van der Waals surface area (Å²) in [5, 5.41) is 2.95. The van der Waals surface area contributed by atoms with E-state index >= 15 is 0 Å². The van der Waals surface area contributed by atoms with Crippen LogP contribution < -0.4 is 25.6 Å². The first-order chi connectivity index (χ1) is 13.3. The van der Waals surface area contributed by atoms with Gasteiger partial charge in [0.2, 0.25) is 0 Å². The molecule has 28 heavy (non-hydrogen) atoms. The summed E-state index contributed by atoms with van der Waals surface area (Å²) >= 11 is 16.2. The monoisotopic (exact) mass is 597 g/mol. The molecule has 7 nitrogen and oxygen atoms in total. The minimum Gasteiger partial charge on any atom is -0.496 e. The molecule has 0 bridgehead atoms. The maximum Gasteiger partial charge on any atom is 0.276 e. The molecule has 0 saturated carbocycles. The molecule has 0 heterocycles. The van der Waals surface area contributed by atoms with Crippen LogP contribution in [0.15, 0.2) is 40.9 Å². The van der Waals surface area contributed by atoms with Crippen molar-refractivity contribution >= 4 is 79.3 Å². The highest BCUT2D eigenvalue weighted by atomic mass is 127. The molecule has 11 heteroatoms. The lowest BCUT2D eigenvalue weighted by atomic mass is 10.2. The maximum atomic E-state index is 12.2. The lowest BCUT2D eigenvalue weighted by molar-refractivity contribution is -0.123. The fourth-order valence-electron chi connectivity index (χ4n) is 1.91. The third-order valence-electron chi connectivity index (χ3n) is 3.21. The number of hydrazine groups is 1. The fraction of sp³-hybridized carbons (Fsp3) is 0.118. The zero-order valence-electron chi connectivity index (χ0n) is 14.3. The number of benzene rings is 2. The van der Waals surface area contributed by atoms with Gasteiger partial charge in [0.15, 0.2) is 11.7 Å². The molecule has 2 aromatic carbocycles. The van der Waals surface area contributed by atoms with E-state index in [0.29, 0.717) is 26.6 Å². The van der Waals surface area contributed by atoms with Crippen LogP contribution in [-0.2, 0) is 4.79 Å². The Morgan fingerprint density at radius 1 is 1.18 bits per heavy atom. The summed E-state index contributed by atoms with van der Waals surface area (Å²) in [5.74, 6) is 0.216. The molecule has 0 radical (unpaired) electrons. The van der Waals surface area contributed by atoms with Gasteiger partial charge in [0.1, 0.15) is 11.5 Å². The van der Waals surface area contributed by atoms with E-state index in [-0.39, 0.29) is 11.7 Å². The van der Waals surface area contributed by atoms with Crippen LogP contribution in [0.3, 0.4) is 0 Å². The molecule has 3 N–H and O–H groups in total. The van der Waals surface area contributed by atoms with Crippen LogP contribution in [0.5, 0.6) is 11.5 Å². The van der Waals surface area contributed by atoms with Crippen LogP contribution >= 0.6 is 62.3 Å². The van der Waals surface area contributed by atoms with E-state index in [4.69, 9.17) is 33.3 Å². The summed E-state index contributed by atoms with van der Waals surface area (Å²) in [5.41, 5.74) is 5.18. The molecular formula is C17H14BrClIN3O4S. The number of thiocarbonyl (C=S) groups is 1. The predicted octanol–water partition coefficient (Wildman–Crippen LogP) is 3.43. The maximum absolute atomic E-state index is 12.2. The van der Waals surface area contributed by atoms with Crippen molar-refractivity contribution in [1.29, 1.82) is 0 Å². The molecule has 0 aromatic heterocycles. The van der Waals surface area contributed by atoms with Gasteiger partial charge in [0.25, 0.3) is 11.8 Å². The van der Waals surface area contributed by atoms with Crippen molar-refractivity contribution in [2.45, 2.75) is 0 Å². The topological polar surface area (TPSA) is 88.7 Å². The molecule has 0 atom stereocenters. The van der Waals surface area contributed by atoms with Crippen molar-refractivity contribution in [3.8, 4) is 11.5 Å². The Balaban J connectivity index is 1.79. The van der Waals surface area contributed by atoms with Gasteiger partial charge in [-0.3, -0.25) is 25.8 Å². The highest BCUT2D eigenvalue weighted by Gasteiger charge is 2.11. The second-order valence-corrected chi connectivity index (χ2v) is 8.03. The van der Waals surface area contributed by atoms with Gasteiger partial charge >= 0.3 is 0 Å². The fourth-order valence-corrected chi connectivity index (χ4v) is 3.59. The van der Waals surface area contributed by atoms with Crippen molar-refractivity contribution in [2.75, 3.05) is 13.7 Å². The Labute approximate surface area is 193 Å². The molecule has 0 spiro atoms. The molecule has 0 aliphatic rings. The quantitative estimate of drug-likeness (QED) is 0.278. The summed E-state index contributed by atoms with van der Waals surface area (Å²) in [6, 6.07) is 9.87. The van der Waals surface area contributed by atoms with Crippen LogP contribution in [0.2, 0.25) is 5.02 Å². The lowest BCUT2D eigenvalue weighted by Crippen LogP contribution is -2.49. The lowest BCUT2D eigenvalue weighted by Gasteiger charge is -2.12. The number of halogens is 3. The van der Waals surface area contributed by atoms with E-state index in [1.54, 1.807) is 43.5 Å². The standard InChI is InChI=1S/C17H14BrClIN3O4S/c1-26-14-4-2-9(6-12(14)20)16(25)21-17(28)23-22-15(24)8-27-13-5-3-10(19)7-11(13)18/h2-7H,8H2,1H3,(H,22,24)(H2,21,23,25,28). The number of carbonyl (C=O) groups excluding carboxylic acids is 2. The third-order valence-corrected chi connectivity index (χ3v) is 5.11. The first-order valence-corrected chi connectivity index (χ1v) is 10.3. The highest BCUT2D eigenvalue weighted by Crippen LogP contribution is 2.27. The molecule has 2 amide bonds. The van der Waals surface area contributed by atoms with E-state index in [0.717, 1.165) is 3.57 Å². The highest BCUT2D eigenvalue weighted by molar-refractivity contribution is 14.1. The Morgan fingerprint density at radius 2 is 1.89 bits per heavy atom. The molecular weight excluding hydrogens is 585 g/mol. The van der Waals surface area contributed by atoms with Gasteiger partial charge in [0.05, 0.1) is 15.2 Å². The zero-order valence-corrected chi connectivity index (χ0v) is 19.7. The second-order valence-electron chi connectivity index (χ2n) is 5.17. The predicted molar refractivity (Wildman–Crippen MR) is 122 cm³/mol. The molecule has 0 saturated heterocycles. The minimum absolute atomic E-state index is 0.0585. The smallest absolute Gasteiger partial charge is 0.276 e. The number of amides is 2. The molecule has 0 unspecified atom stereocenters. The summed E-state index contributed by atoms with van der Waals surface area (Å²) in [6.45, 7) is -0.263. The number of hydrogen-bond donors (Lipinski definition) is 3. The van der Waals surface area contributed by atoms with E-state index in [1.807, 2.05) is 0 Å². The van der Waals surface area contributed by atoms with Crippen molar-refractivity contribution in [1.82, 2.24) is 16.2 Å². The van der Waals surface area contributed by atoms with Gasteiger partial charge in [-0.1, -0.05) is 11.6 Å². The molecule has 0 fully saturated rings. The van der Waals surface area contributed by atoms with Gasteiger partial charge in [0, 0.05) is 10.6 Å². The number of nitrogens with one attached hydrogen (secondary N) is 3. The van der Waals surface area contributed by atoms with Crippen LogP contribution in [0.4, 0.5) is 0 Å². The Morgan fingerprint density at radius 3 is 2.54 bits per heavy atom. The van der Waals surface area contributed by atoms with Gasteiger partial charge in [-0.15, -0.1) is 0 Å². The Kier molecular flexibility index (Phi) is 8.73. The van der Waals surface area contributed by atoms with E-state index in [1.165, 1.54) is 0 Å². The van der Waals surface area contributed by atoms with Crippen molar-refractivity contribution in [2.24, 2.45) is 0 Å². The molecule has 0 aliphatic heterocycles. The normalized spacial score (nSPS) is 10.0. The van der Waals surface area contributed by atoms with Crippen molar-refractivity contribution in [3.63, 3.8) is 0 Å². The van der Waals surface area contributed by atoms with Crippen molar-refractivity contribution in [3.05, 3.63) is 55.0 Å². The van der Waals surface area contributed by atoms with E-state index < -0.39 is 11.8 Å². The first kappa shape index (κ1) is 22.7. The van der Waals surface area contributed by atoms with Crippen LogP contribution in [0.1, 0.15) is 10.4 Å². The summed E-state index contributed by atoms with van der Waals surface area (Å²) in [6.07, 6.45) is 0. The number of ether oxygens (including phenoxy) is 2. The number of carbonyl (C=O) groups is 2. The van der Waals surface area contributed by atoms with Crippen molar-refractivity contribution < 1.29 is 19.1 Å². The van der Waals surface area contributed by atoms with Crippen LogP contribution in [0, 0.1) is 3.57 Å². The first-order valence-electron chi connectivity index (χ1n) is 7.61. The summed E-state index contributed by atoms with van der Waals surface area (Å²) < 4.78 is 11.9. The number of hydrogen-bond acceptors (Lipinski definition) is 5. The van der Waals surface area contributed by atoms with Crippen LogP contribution in [0.25, 0.3) is 0 Å².